The third-order valence-electron chi connectivity index (χ3n) is 3.96. The molecule has 1 atom stereocenters. The second-order valence-electron chi connectivity index (χ2n) is 6.26. The standard InChI is InChI=1S/C17H22BF3N4O5/c1-22-5-3-2-4-12(15(27)23-8-13(26)25-17(21)29)24-16(28)14-10(19)6-9(18-30)7-11(14)20/h6-7,12,18,22,30H,2-5,8H2,1H3,(H,23,27)(H,24,28)(H,25,26,29)/t12-/m0/s1. The van der Waals surface area contributed by atoms with Crippen molar-refractivity contribution in [3.8, 4) is 0 Å². The van der Waals surface area contributed by atoms with Gasteiger partial charge >= 0.3 is 13.6 Å². The Bertz CT molecular complexity index is 774. The van der Waals surface area contributed by atoms with Crippen LogP contribution in [0.15, 0.2) is 12.1 Å². The molecule has 5 N–H and O–H groups in total. The fourth-order valence-electron chi connectivity index (χ4n) is 2.53. The van der Waals surface area contributed by atoms with Crippen molar-refractivity contribution in [3.05, 3.63) is 29.3 Å². The Morgan fingerprint density at radius 3 is 2.30 bits per heavy atom. The molecule has 164 valence electrons. The highest BCUT2D eigenvalue weighted by Crippen LogP contribution is 2.12. The van der Waals surface area contributed by atoms with Gasteiger partial charge in [-0.15, -0.1) is 4.39 Å². The molecule has 0 radical (unpaired) electrons. The maximum absolute atomic E-state index is 14.1. The lowest BCUT2D eigenvalue weighted by Gasteiger charge is -2.19. The molecular formula is C17H22BF3N4O5. The highest BCUT2D eigenvalue weighted by molar-refractivity contribution is 6.45. The number of carbonyl (C=O) groups is 4. The Labute approximate surface area is 171 Å². The van der Waals surface area contributed by atoms with Crippen molar-refractivity contribution >= 4 is 36.8 Å². The van der Waals surface area contributed by atoms with Crippen molar-refractivity contribution in [1.82, 2.24) is 21.3 Å². The minimum atomic E-state index is -2.09. The minimum absolute atomic E-state index is 0.0728. The van der Waals surface area contributed by atoms with Crippen molar-refractivity contribution in [2.75, 3.05) is 20.1 Å². The number of hydrogen-bond acceptors (Lipinski definition) is 6. The van der Waals surface area contributed by atoms with Crippen LogP contribution in [0.2, 0.25) is 0 Å². The Kier molecular flexibility index (Phi) is 10.5. The van der Waals surface area contributed by atoms with Gasteiger partial charge in [0.2, 0.25) is 11.8 Å². The molecule has 0 aliphatic carbocycles. The Morgan fingerprint density at radius 1 is 1.13 bits per heavy atom. The van der Waals surface area contributed by atoms with Gasteiger partial charge in [0.1, 0.15) is 23.2 Å². The summed E-state index contributed by atoms with van der Waals surface area (Å²) in [6.45, 7) is -0.125. The smallest absolute Gasteiger partial charge is 0.404 e. The van der Waals surface area contributed by atoms with Crippen LogP contribution in [-0.2, 0) is 9.59 Å². The Morgan fingerprint density at radius 2 is 1.77 bits per heavy atom. The number of amides is 4. The summed E-state index contributed by atoms with van der Waals surface area (Å²) < 4.78 is 40.3. The SMILES string of the molecule is CNCCCC[C@H](NC(=O)c1c(F)cc(BO)cc1F)C(=O)NCC(=O)NC(=O)F. The van der Waals surface area contributed by atoms with Gasteiger partial charge in [0.15, 0.2) is 0 Å². The highest BCUT2D eigenvalue weighted by atomic mass is 19.1. The normalized spacial score (nSPS) is 11.4. The molecule has 0 aromatic heterocycles. The zero-order valence-electron chi connectivity index (χ0n) is 16.2. The largest absolute Gasteiger partial charge is 0.449 e. The van der Waals surface area contributed by atoms with E-state index >= 15 is 0 Å². The van der Waals surface area contributed by atoms with Gasteiger partial charge in [-0.25, -0.2) is 13.6 Å². The molecule has 1 aromatic carbocycles. The lowest BCUT2D eigenvalue weighted by molar-refractivity contribution is -0.127. The number of hydrogen-bond donors (Lipinski definition) is 5. The zero-order valence-corrected chi connectivity index (χ0v) is 16.2. The molecule has 0 bridgehead atoms. The van der Waals surface area contributed by atoms with E-state index in [0.717, 1.165) is 12.1 Å². The molecule has 0 aliphatic rings. The van der Waals surface area contributed by atoms with Gasteiger partial charge in [0.25, 0.3) is 5.91 Å². The number of benzene rings is 1. The van der Waals surface area contributed by atoms with E-state index in [0.29, 0.717) is 19.4 Å². The first-order chi connectivity index (χ1) is 14.2. The van der Waals surface area contributed by atoms with Crippen LogP contribution >= 0.6 is 0 Å². The van der Waals surface area contributed by atoms with Crippen LogP contribution in [-0.4, -0.2) is 62.6 Å². The summed E-state index contributed by atoms with van der Waals surface area (Å²) in [6.07, 6.45) is -0.937. The molecule has 0 saturated carbocycles. The quantitative estimate of drug-likeness (QED) is 0.129. The van der Waals surface area contributed by atoms with Crippen molar-refractivity contribution in [1.29, 1.82) is 0 Å². The number of unbranched alkanes of at least 4 members (excludes halogenated alkanes) is 1. The van der Waals surface area contributed by atoms with Gasteiger partial charge in [-0.1, -0.05) is 0 Å². The van der Waals surface area contributed by atoms with E-state index in [4.69, 9.17) is 5.02 Å². The monoisotopic (exact) mass is 430 g/mol. The lowest BCUT2D eigenvalue weighted by atomic mass is 9.87. The summed E-state index contributed by atoms with van der Waals surface area (Å²) in [4.78, 5) is 46.1. The number of carbonyl (C=O) groups excluding carboxylic acids is 4. The molecular weight excluding hydrogens is 408 g/mol. The van der Waals surface area contributed by atoms with Gasteiger partial charge in [0, 0.05) is 0 Å². The van der Waals surface area contributed by atoms with E-state index < -0.39 is 61.1 Å². The predicted molar refractivity (Wildman–Crippen MR) is 102 cm³/mol. The summed E-state index contributed by atoms with van der Waals surface area (Å²) in [5.74, 6) is -5.61. The van der Waals surface area contributed by atoms with Crippen LogP contribution in [0.25, 0.3) is 0 Å². The van der Waals surface area contributed by atoms with Gasteiger partial charge in [0.05, 0.1) is 6.54 Å². The van der Waals surface area contributed by atoms with Crippen LogP contribution in [0.3, 0.4) is 0 Å². The predicted octanol–water partition coefficient (Wildman–Crippen LogP) is -1.26. The summed E-state index contributed by atoms with van der Waals surface area (Å²) in [7, 11) is 1.09. The molecule has 0 heterocycles. The number of nitrogens with one attached hydrogen (secondary N) is 4. The summed E-state index contributed by atoms with van der Waals surface area (Å²) in [6, 6.07) is 0.330. The van der Waals surface area contributed by atoms with Crippen molar-refractivity contribution in [3.63, 3.8) is 0 Å². The molecule has 9 nitrogen and oxygen atoms in total. The van der Waals surface area contributed by atoms with Crippen molar-refractivity contribution < 1.29 is 37.4 Å². The van der Waals surface area contributed by atoms with E-state index in [2.05, 4.69) is 16.0 Å². The first-order valence-electron chi connectivity index (χ1n) is 9.00. The zero-order chi connectivity index (χ0) is 22.7. The molecule has 0 saturated heterocycles. The Balaban J connectivity index is 2.89. The van der Waals surface area contributed by atoms with E-state index in [-0.39, 0.29) is 11.9 Å². The topological polar surface area (TPSA) is 137 Å². The van der Waals surface area contributed by atoms with E-state index in [1.54, 1.807) is 7.05 Å². The molecule has 4 amide bonds. The van der Waals surface area contributed by atoms with Crippen LogP contribution in [0.4, 0.5) is 18.0 Å². The van der Waals surface area contributed by atoms with Gasteiger partial charge in [-0.3, -0.25) is 19.7 Å². The maximum atomic E-state index is 14.1. The highest BCUT2D eigenvalue weighted by Gasteiger charge is 2.25. The van der Waals surface area contributed by atoms with Crippen LogP contribution in [0, 0.1) is 11.6 Å². The average Bonchev–Trinajstić information content (AvgIpc) is 2.67. The third-order valence-corrected chi connectivity index (χ3v) is 3.96. The van der Waals surface area contributed by atoms with Crippen LogP contribution in [0.5, 0.6) is 0 Å². The molecule has 0 fully saturated rings. The second kappa shape index (κ2) is 12.6. The molecule has 13 heteroatoms. The van der Waals surface area contributed by atoms with Crippen LogP contribution in [0.1, 0.15) is 29.6 Å². The van der Waals surface area contributed by atoms with Gasteiger partial charge in [-0.05, 0) is 50.5 Å². The fraction of sp³-hybridized carbons (Fsp3) is 0.412. The number of rotatable bonds is 11. The van der Waals surface area contributed by atoms with Gasteiger partial charge < -0.3 is 21.0 Å². The summed E-state index contributed by atoms with van der Waals surface area (Å²) >= 11 is 0. The van der Waals surface area contributed by atoms with Crippen molar-refractivity contribution in [2.24, 2.45) is 0 Å². The molecule has 0 unspecified atom stereocenters. The fourth-order valence-corrected chi connectivity index (χ4v) is 2.53. The number of halogens is 3. The van der Waals surface area contributed by atoms with Crippen molar-refractivity contribution in [2.45, 2.75) is 25.3 Å². The molecule has 30 heavy (non-hydrogen) atoms. The minimum Gasteiger partial charge on any atom is -0.449 e. The number of imide groups is 1. The van der Waals surface area contributed by atoms with E-state index in [1.165, 1.54) is 5.32 Å². The second-order valence-corrected chi connectivity index (χ2v) is 6.26. The summed E-state index contributed by atoms with van der Waals surface area (Å²) in [5.41, 5.74) is -1.00. The first-order valence-corrected chi connectivity index (χ1v) is 9.00. The molecule has 1 rings (SSSR count). The first kappa shape index (κ1) is 25.1. The Hall–Kier alpha value is -2.93. The molecule has 0 spiro atoms. The van der Waals surface area contributed by atoms with Crippen LogP contribution < -0.4 is 26.7 Å². The summed E-state index contributed by atoms with van der Waals surface area (Å²) in [5, 5.41) is 17.5. The molecule has 0 aliphatic heterocycles. The van der Waals surface area contributed by atoms with E-state index in [9.17, 15) is 32.3 Å². The molecule has 1 aromatic rings. The van der Waals surface area contributed by atoms with E-state index in [1.807, 2.05) is 0 Å². The van der Waals surface area contributed by atoms with Gasteiger partial charge in [-0.2, -0.15) is 0 Å². The third kappa shape index (κ3) is 8.21. The lowest BCUT2D eigenvalue weighted by Crippen LogP contribution is -2.49. The average molecular weight is 430 g/mol. The maximum Gasteiger partial charge on any atom is 0.404 e.